The summed E-state index contributed by atoms with van der Waals surface area (Å²) < 4.78 is 15.3. The fraction of sp³-hybridized carbons (Fsp3) is 0.0588. The lowest BCUT2D eigenvalue weighted by Crippen LogP contribution is -2.14. The molecule has 4 rings (SSSR count). The number of nitrogens with one attached hydrogen (secondary N) is 1. The third-order valence-electron chi connectivity index (χ3n) is 3.92. The van der Waals surface area contributed by atoms with Gasteiger partial charge in [0, 0.05) is 6.20 Å². The zero-order valence-electron chi connectivity index (χ0n) is 14.4. The Bertz CT molecular complexity index is 1160. The van der Waals surface area contributed by atoms with Crippen LogP contribution in [0, 0.1) is 12.7 Å². The first-order valence-electron chi connectivity index (χ1n) is 8.02. The third kappa shape index (κ3) is 3.21. The summed E-state index contributed by atoms with van der Waals surface area (Å²) in [6, 6.07) is 3.01. The fourth-order valence-electron chi connectivity index (χ4n) is 2.58. The van der Waals surface area contributed by atoms with Gasteiger partial charge in [-0.15, -0.1) is 4.80 Å². The molecule has 0 spiro atoms. The molecule has 0 bridgehead atoms. The number of amides is 1. The average molecular weight is 399 g/mol. The monoisotopic (exact) mass is 398 g/mol. The molecule has 4 aromatic rings. The van der Waals surface area contributed by atoms with Gasteiger partial charge in [-0.2, -0.15) is 15.3 Å². The topological polar surface area (TPSA) is 103 Å². The predicted octanol–water partition coefficient (Wildman–Crippen LogP) is 2.60. The maximum Gasteiger partial charge on any atom is 0.259 e. The van der Waals surface area contributed by atoms with E-state index in [1.165, 1.54) is 52.6 Å². The van der Waals surface area contributed by atoms with E-state index >= 15 is 0 Å². The van der Waals surface area contributed by atoms with Crippen LogP contribution < -0.4 is 5.32 Å². The van der Waals surface area contributed by atoms with E-state index in [-0.39, 0.29) is 16.3 Å². The molecule has 140 valence electrons. The van der Waals surface area contributed by atoms with Gasteiger partial charge in [0.1, 0.15) is 5.69 Å². The van der Waals surface area contributed by atoms with E-state index in [0.29, 0.717) is 17.2 Å². The largest absolute Gasteiger partial charge is 0.320 e. The molecule has 4 heterocycles. The van der Waals surface area contributed by atoms with Gasteiger partial charge in [-0.1, -0.05) is 11.6 Å². The van der Waals surface area contributed by atoms with Crippen LogP contribution in [0.3, 0.4) is 0 Å². The summed E-state index contributed by atoms with van der Waals surface area (Å²) in [7, 11) is 0. The second-order valence-corrected chi connectivity index (χ2v) is 6.09. The van der Waals surface area contributed by atoms with E-state index in [1.807, 2.05) is 0 Å². The Morgan fingerprint density at radius 1 is 1.14 bits per heavy atom. The van der Waals surface area contributed by atoms with Gasteiger partial charge in [0.25, 0.3) is 5.91 Å². The summed E-state index contributed by atoms with van der Waals surface area (Å²) in [5.41, 5.74) is 1.34. The smallest absolute Gasteiger partial charge is 0.259 e. The highest BCUT2D eigenvalue weighted by Gasteiger charge is 2.18. The molecular formula is C17H12ClFN8O. The lowest BCUT2D eigenvalue weighted by molar-refractivity contribution is 0.102. The number of pyridine rings is 2. The molecule has 0 saturated heterocycles. The summed E-state index contributed by atoms with van der Waals surface area (Å²) in [6.45, 7) is 1.67. The van der Waals surface area contributed by atoms with E-state index in [2.05, 4.69) is 30.6 Å². The Kier molecular flexibility index (Phi) is 4.53. The van der Waals surface area contributed by atoms with Crippen molar-refractivity contribution in [3.8, 4) is 11.5 Å². The number of anilines is 1. The van der Waals surface area contributed by atoms with E-state index in [1.54, 1.807) is 6.92 Å². The van der Waals surface area contributed by atoms with Gasteiger partial charge in [0.05, 0.1) is 53.0 Å². The molecule has 11 heteroatoms. The van der Waals surface area contributed by atoms with E-state index in [9.17, 15) is 9.18 Å². The van der Waals surface area contributed by atoms with Gasteiger partial charge in [-0.25, -0.2) is 14.1 Å². The predicted molar refractivity (Wildman–Crippen MR) is 98.2 cm³/mol. The van der Waals surface area contributed by atoms with Crippen LogP contribution in [0.15, 0.2) is 49.3 Å². The van der Waals surface area contributed by atoms with Crippen molar-refractivity contribution in [3.63, 3.8) is 0 Å². The molecule has 0 radical (unpaired) electrons. The number of aromatic nitrogens is 7. The number of halogens is 2. The van der Waals surface area contributed by atoms with E-state index in [4.69, 9.17) is 11.6 Å². The zero-order valence-corrected chi connectivity index (χ0v) is 15.2. The van der Waals surface area contributed by atoms with Crippen LogP contribution in [-0.4, -0.2) is 40.6 Å². The van der Waals surface area contributed by atoms with Gasteiger partial charge in [-0.3, -0.25) is 9.78 Å². The van der Waals surface area contributed by atoms with Crippen LogP contribution >= 0.6 is 11.6 Å². The SMILES string of the molecule is Cc1c(C(=O)Nc2cnc(-n3nccn3)c(Cl)c2)cnn1-c1ccncc1F. The van der Waals surface area contributed by atoms with Crippen LogP contribution in [0.2, 0.25) is 5.02 Å². The first kappa shape index (κ1) is 17.7. The minimum atomic E-state index is -0.542. The Hall–Kier alpha value is -3.66. The van der Waals surface area contributed by atoms with Gasteiger partial charge >= 0.3 is 0 Å². The summed E-state index contributed by atoms with van der Waals surface area (Å²) in [5.74, 6) is -0.637. The van der Waals surface area contributed by atoms with Crippen molar-refractivity contribution >= 4 is 23.2 Å². The molecule has 9 nitrogen and oxygen atoms in total. The highest BCUT2D eigenvalue weighted by atomic mass is 35.5. The highest BCUT2D eigenvalue weighted by Crippen LogP contribution is 2.22. The Balaban J connectivity index is 1.58. The number of carbonyl (C=O) groups is 1. The number of hydrogen-bond donors (Lipinski definition) is 1. The van der Waals surface area contributed by atoms with Crippen LogP contribution in [0.5, 0.6) is 0 Å². The molecule has 0 atom stereocenters. The minimum Gasteiger partial charge on any atom is -0.320 e. The first-order chi connectivity index (χ1) is 13.5. The van der Waals surface area contributed by atoms with Crippen LogP contribution in [-0.2, 0) is 0 Å². The number of hydrogen-bond acceptors (Lipinski definition) is 6. The van der Waals surface area contributed by atoms with Crippen molar-refractivity contribution in [2.45, 2.75) is 6.92 Å². The van der Waals surface area contributed by atoms with E-state index in [0.717, 1.165) is 6.20 Å². The van der Waals surface area contributed by atoms with Crippen molar-refractivity contribution in [3.05, 3.63) is 71.4 Å². The van der Waals surface area contributed by atoms with Crippen molar-refractivity contribution in [2.75, 3.05) is 5.32 Å². The molecule has 1 amide bonds. The lowest BCUT2D eigenvalue weighted by Gasteiger charge is -2.08. The van der Waals surface area contributed by atoms with Gasteiger partial charge in [-0.05, 0) is 19.1 Å². The summed E-state index contributed by atoms with van der Waals surface area (Å²) in [5, 5.41) is 15.0. The molecule has 0 aliphatic heterocycles. The fourth-order valence-corrected chi connectivity index (χ4v) is 2.83. The Morgan fingerprint density at radius 3 is 2.64 bits per heavy atom. The second kappa shape index (κ2) is 7.16. The molecule has 0 aliphatic rings. The molecule has 0 unspecified atom stereocenters. The number of nitrogens with zero attached hydrogens (tertiary/aromatic N) is 7. The molecule has 0 aromatic carbocycles. The molecule has 1 N–H and O–H groups in total. The summed E-state index contributed by atoms with van der Waals surface area (Å²) in [4.78, 5) is 21.8. The van der Waals surface area contributed by atoms with Crippen molar-refractivity contribution in [1.29, 1.82) is 0 Å². The zero-order chi connectivity index (χ0) is 19.7. The summed E-state index contributed by atoms with van der Waals surface area (Å²) >= 11 is 6.20. The Morgan fingerprint density at radius 2 is 1.93 bits per heavy atom. The van der Waals surface area contributed by atoms with Crippen molar-refractivity contribution < 1.29 is 9.18 Å². The van der Waals surface area contributed by atoms with Gasteiger partial charge < -0.3 is 5.32 Å². The van der Waals surface area contributed by atoms with Crippen LogP contribution in [0.25, 0.3) is 11.5 Å². The molecule has 0 fully saturated rings. The highest BCUT2D eigenvalue weighted by molar-refractivity contribution is 6.32. The van der Waals surface area contributed by atoms with Crippen molar-refractivity contribution in [1.82, 2.24) is 34.7 Å². The standard InChI is InChI=1S/C17H12ClFN8O/c1-10-12(8-24-26(10)15-2-3-20-9-14(15)19)17(28)25-11-6-13(18)16(21-7-11)27-22-4-5-23-27/h2-9H,1H3,(H,25,28). The molecule has 0 saturated carbocycles. The quantitative estimate of drug-likeness (QED) is 0.566. The number of rotatable bonds is 4. The van der Waals surface area contributed by atoms with Crippen molar-refractivity contribution in [2.24, 2.45) is 0 Å². The Labute approximate surface area is 162 Å². The number of carbonyl (C=O) groups excluding carboxylic acids is 1. The van der Waals surface area contributed by atoms with E-state index < -0.39 is 11.7 Å². The molecule has 0 aliphatic carbocycles. The maximum atomic E-state index is 14.0. The molecular weight excluding hydrogens is 387 g/mol. The second-order valence-electron chi connectivity index (χ2n) is 5.68. The first-order valence-corrected chi connectivity index (χ1v) is 8.40. The minimum absolute atomic E-state index is 0.201. The van der Waals surface area contributed by atoms with Gasteiger partial charge in [0.15, 0.2) is 11.6 Å². The maximum absolute atomic E-state index is 14.0. The third-order valence-corrected chi connectivity index (χ3v) is 4.20. The van der Waals surface area contributed by atoms with Crippen LogP contribution in [0.1, 0.15) is 16.1 Å². The normalized spacial score (nSPS) is 10.8. The van der Waals surface area contributed by atoms with Gasteiger partial charge in [0.2, 0.25) is 0 Å². The molecule has 4 aromatic heterocycles. The van der Waals surface area contributed by atoms with Crippen LogP contribution in [0.4, 0.5) is 10.1 Å². The lowest BCUT2D eigenvalue weighted by atomic mass is 10.2. The molecule has 28 heavy (non-hydrogen) atoms. The summed E-state index contributed by atoms with van der Waals surface area (Å²) in [6.07, 6.45) is 8.33. The average Bonchev–Trinajstić information content (AvgIpc) is 3.32.